The van der Waals surface area contributed by atoms with Crippen molar-refractivity contribution < 1.29 is 9.84 Å². The van der Waals surface area contributed by atoms with E-state index < -0.39 is 0 Å². The molecule has 2 aromatic carbocycles. The summed E-state index contributed by atoms with van der Waals surface area (Å²) in [7, 11) is 1.71. The van der Waals surface area contributed by atoms with Gasteiger partial charge in [-0.05, 0) is 42.2 Å². The van der Waals surface area contributed by atoms with Gasteiger partial charge in [0.05, 0.1) is 7.11 Å². The molecular weight excluding hydrogens is 324 g/mol. The minimum Gasteiger partial charge on any atom is -0.497 e. The summed E-state index contributed by atoms with van der Waals surface area (Å²) in [4.78, 5) is 5.02. The Hall–Kier alpha value is -1.88. The van der Waals surface area contributed by atoms with Gasteiger partial charge in [0, 0.05) is 45.4 Å². The van der Waals surface area contributed by atoms with Crippen molar-refractivity contribution >= 4 is 0 Å². The second-order valence-electron chi connectivity index (χ2n) is 7.15. The van der Waals surface area contributed by atoms with Gasteiger partial charge in [-0.3, -0.25) is 9.80 Å². The highest BCUT2D eigenvalue weighted by Gasteiger charge is 2.26. The standard InChI is InChI=1S/C22H30N2O2/c1-18-6-3-4-8-20(18)16-23-11-12-24(21(17-23)10-13-25)15-19-7-5-9-22(14-19)26-2/h3-9,14,21,25H,10-13,15-17H2,1-2H3/t21-/m1/s1. The second kappa shape index (κ2) is 9.17. The van der Waals surface area contributed by atoms with Crippen LogP contribution in [0.3, 0.4) is 0 Å². The molecule has 1 atom stereocenters. The van der Waals surface area contributed by atoms with Gasteiger partial charge in [0.25, 0.3) is 0 Å². The van der Waals surface area contributed by atoms with Crippen LogP contribution in [0.25, 0.3) is 0 Å². The molecule has 0 saturated carbocycles. The first-order valence-electron chi connectivity index (χ1n) is 9.44. The van der Waals surface area contributed by atoms with Crippen LogP contribution < -0.4 is 4.74 Å². The Kier molecular flexibility index (Phi) is 6.67. The first kappa shape index (κ1) is 18.9. The first-order chi connectivity index (χ1) is 12.7. The van der Waals surface area contributed by atoms with E-state index in [0.29, 0.717) is 6.04 Å². The number of methoxy groups -OCH3 is 1. The maximum Gasteiger partial charge on any atom is 0.119 e. The summed E-state index contributed by atoms with van der Waals surface area (Å²) in [6.07, 6.45) is 0.814. The fourth-order valence-corrected chi connectivity index (χ4v) is 3.77. The van der Waals surface area contributed by atoms with Crippen LogP contribution in [0.4, 0.5) is 0 Å². The van der Waals surface area contributed by atoms with E-state index in [1.165, 1.54) is 16.7 Å². The van der Waals surface area contributed by atoms with Crippen LogP contribution in [-0.4, -0.2) is 54.3 Å². The molecule has 1 aliphatic rings. The van der Waals surface area contributed by atoms with Crippen molar-refractivity contribution in [2.45, 2.75) is 32.5 Å². The van der Waals surface area contributed by atoms with Crippen molar-refractivity contribution in [2.24, 2.45) is 0 Å². The summed E-state index contributed by atoms with van der Waals surface area (Å²) in [5.74, 6) is 0.902. The number of hydrogen-bond donors (Lipinski definition) is 1. The van der Waals surface area contributed by atoms with Gasteiger partial charge in [-0.15, -0.1) is 0 Å². The molecule has 1 N–H and O–H groups in total. The largest absolute Gasteiger partial charge is 0.497 e. The molecule has 0 radical (unpaired) electrons. The van der Waals surface area contributed by atoms with Gasteiger partial charge in [0.2, 0.25) is 0 Å². The minimum absolute atomic E-state index is 0.234. The number of rotatable bonds is 7. The van der Waals surface area contributed by atoms with Gasteiger partial charge < -0.3 is 9.84 Å². The van der Waals surface area contributed by atoms with E-state index >= 15 is 0 Å². The number of nitrogens with zero attached hydrogens (tertiary/aromatic N) is 2. The van der Waals surface area contributed by atoms with E-state index in [0.717, 1.165) is 44.9 Å². The normalized spacial score (nSPS) is 18.8. The Morgan fingerprint density at radius 2 is 1.92 bits per heavy atom. The number of piperazine rings is 1. The maximum absolute atomic E-state index is 9.54. The van der Waals surface area contributed by atoms with Gasteiger partial charge >= 0.3 is 0 Å². The highest BCUT2D eigenvalue weighted by Crippen LogP contribution is 2.21. The van der Waals surface area contributed by atoms with Crippen molar-refractivity contribution in [3.63, 3.8) is 0 Å². The third-order valence-electron chi connectivity index (χ3n) is 5.33. The first-order valence-corrected chi connectivity index (χ1v) is 9.44. The number of aliphatic hydroxyl groups excluding tert-OH is 1. The summed E-state index contributed by atoms with van der Waals surface area (Å²) in [5, 5.41) is 9.54. The molecule has 1 heterocycles. The van der Waals surface area contributed by atoms with Gasteiger partial charge in [-0.25, -0.2) is 0 Å². The molecule has 0 bridgehead atoms. The topological polar surface area (TPSA) is 35.9 Å². The zero-order chi connectivity index (χ0) is 18.4. The number of aliphatic hydroxyl groups is 1. The lowest BCUT2D eigenvalue weighted by Gasteiger charge is -2.41. The van der Waals surface area contributed by atoms with Crippen LogP contribution in [0.2, 0.25) is 0 Å². The Balaban J connectivity index is 1.65. The van der Waals surface area contributed by atoms with Crippen LogP contribution in [0.1, 0.15) is 23.1 Å². The molecule has 4 heteroatoms. The highest BCUT2D eigenvalue weighted by molar-refractivity contribution is 5.28. The highest BCUT2D eigenvalue weighted by atomic mass is 16.5. The molecule has 1 saturated heterocycles. The second-order valence-corrected chi connectivity index (χ2v) is 7.15. The fourth-order valence-electron chi connectivity index (χ4n) is 3.77. The minimum atomic E-state index is 0.234. The van der Waals surface area contributed by atoms with Crippen LogP contribution in [-0.2, 0) is 13.1 Å². The summed E-state index contributed by atoms with van der Waals surface area (Å²) < 4.78 is 5.35. The lowest BCUT2D eigenvalue weighted by Crippen LogP contribution is -2.52. The van der Waals surface area contributed by atoms with Gasteiger partial charge in [0.1, 0.15) is 5.75 Å². The summed E-state index contributed by atoms with van der Waals surface area (Å²) in [6, 6.07) is 17.3. The van der Waals surface area contributed by atoms with E-state index in [2.05, 4.69) is 53.1 Å². The Bertz CT molecular complexity index is 704. The number of ether oxygens (including phenoxy) is 1. The summed E-state index contributed by atoms with van der Waals surface area (Å²) >= 11 is 0. The maximum atomic E-state index is 9.54. The SMILES string of the molecule is COc1cccc(CN2CCN(Cc3ccccc3C)C[C@H]2CCO)c1. The van der Waals surface area contributed by atoms with Crippen LogP contribution >= 0.6 is 0 Å². The zero-order valence-corrected chi connectivity index (χ0v) is 15.9. The predicted molar refractivity (Wildman–Crippen MR) is 105 cm³/mol. The molecule has 140 valence electrons. The quantitative estimate of drug-likeness (QED) is 0.829. The van der Waals surface area contributed by atoms with E-state index in [1.807, 2.05) is 12.1 Å². The monoisotopic (exact) mass is 354 g/mol. The average molecular weight is 354 g/mol. The fraction of sp³-hybridized carbons (Fsp3) is 0.455. The molecule has 1 fully saturated rings. The van der Waals surface area contributed by atoms with Crippen LogP contribution in [0.5, 0.6) is 5.75 Å². The third-order valence-corrected chi connectivity index (χ3v) is 5.33. The molecule has 3 rings (SSSR count). The van der Waals surface area contributed by atoms with Crippen molar-refractivity contribution in [1.29, 1.82) is 0 Å². The van der Waals surface area contributed by atoms with Gasteiger partial charge in [-0.2, -0.15) is 0 Å². The van der Waals surface area contributed by atoms with Crippen LogP contribution in [0, 0.1) is 6.92 Å². The van der Waals surface area contributed by atoms with E-state index in [4.69, 9.17) is 4.74 Å². The Morgan fingerprint density at radius 3 is 2.69 bits per heavy atom. The molecule has 2 aromatic rings. The van der Waals surface area contributed by atoms with E-state index in [9.17, 15) is 5.11 Å². The Labute approximate surface area is 157 Å². The van der Waals surface area contributed by atoms with Crippen molar-refractivity contribution in [2.75, 3.05) is 33.4 Å². The molecule has 4 nitrogen and oxygen atoms in total. The molecule has 0 aromatic heterocycles. The summed E-state index contributed by atoms with van der Waals surface area (Å²) in [5.41, 5.74) is 4.01. The smallest absolute Gasteiger partial charge is 0.119 e. The van der Waals surface area contributed by atoms with Crippen molar-refractivity contribution in [1.82, 2.24) is 9.80 Å². The number of aryl methyl sites for hydroxylation is 1. The molecule has 26 heavy (non-hydrogen) atoms. The summed E-state index contributed by atoms with van der Waals surface area (Å²) in [6.45, 7) is 7.38. The lowest BCUT2D eigenvalue weighted by molar-refractivity contribution is 0.0498. The molecule has 1 aliphatic heterocycles. The lowest BCUT2D eigenvalue weighted by atomic mass is 10.0. The third kappa shape index (κ3) is 4.85. The molecule has 0 unspecified atom stereocenters. The van der Waals surface area contributed by atoms with E-state index in [1.54, 1.807) is 7.11 Å². The average Bonchev–Trinajstić information content (AvgIpc) is 2.66. The molecule has 0 aliphatic carbocycles. The van der Waals surface area contributed by atoms with Crippen LogP contribution in [0.15, 0.2) is 48.5 Å². The van der Waals surface area contributed by atoms with E-state index in [-0.39, 0.29) is 6.61 Å². The Morgan fingerprint density at radius 1 is 1.08 bits per heavy atom. The van der Waals surface area contributed by atoms with Crippen molar-refractivity contribution in [3.8, 4) is 5.75 Å². The molecule has 0 spiro atoms. The number of benzene rings is 2. The predicted octanol–water partition coefficient (Wildman–Crippen LogP) is 3.07. The van der Waals surface area contributed by atoms with Gasteiger partial charge in [0.15, 0.2) is 0 Å². The molecule has 0 amide bonds. The number of hydrogen-bond acceptors (Lipinski definition) is 4. The van der Waals surface area contributed by atoms with Crippen molar-refractivity contribution in [3.05, 3.63) is 65.2 Å². The zero-order valence-electron chi connectivity index (χ0n) is 15.9. The van der Waals surface area contributed by atoms with Gasteiger partial charge in [-0.1, -0.05) is 36.4 Å². The molecular formula is C22H30N2O2.